The van der Waals surface area contributed by atoms with E-state index in [1.807, 2.05) is 0 Å². The van der Waals surface area contributed by atoms with Gasteiger partial charge in [0.05, 0.1) is 17.1 Å². The first-order valence-corrected chi connectivity index (χ1v) is 9.09. The lowest BCUT2D eigenvalue weighted by molar-refractivity contribution is 0.0524. The van der Waals surface area contributed by atoms with E-state index in [2.05, 4.69) is 10.4 Å². The molecule has 9 heteroatoms. The maximum absolute atomic E-state index is 13.1. The molecule has 0 unspecified atom stereocenters. The number of nitrogens with one attached hydrogen (secondary N) is 1. The van der Waals surface area contributed by atoms with Gasteiger partial charge in [-0.05, 0) is 52.0 Å². The Morgan fingerprint density at radius 3 is 2.48 bits per heavy atom. The zero-order valence-corrected chi connectivity index (χ0v) is 16.4. The summed E-state index contributed by atoms with van der Waals surface area (Å²) in [5.41, 5.74) is -0.0342. The van der Waals surface area contributed by atoms with Gasteiger partial charge in [-0.3, -0.25) is 4.68 Å². The lowest BCUT2D eigenvalue weighted by atomic mass is 10.2. The highest BCUT2D eigenvalue weighted by molar-refractivity contribution is 7.99. The number of carboxylic acid groups (broad SMARTS) is 1. The highest BCUT2D eigenvalue weighted by atomic mass is 32.2. The second-order valence-corrected chi connectivity index (χ2v) is 7.86. The number of carbonyl (C=O) groups excluding carboxylic acids is 1. The monoisotopic (exact) mass is 395 g/mol. The first-order valence-electron chi connectivity index (χ1n) is 8.28. The van der Waals surface area contributed by atoms with Gasteiger partial charge >= 0.3 is 12.1 Å². The molecule has 0 aliphatic rings. The molecule has 0 atom stereocenters. The van der Waals surface area contributed by atoms with Crippen molar-refractivity contribution >= 4 is 23.8 Å². The van der Waals surface area contributed by atoms with Crippen molar-refractivity contribution in [1.82, 2.24) is 15.1 Å². The summed E-state index contributed by atoms with van der Waals surface area (Å²) in [6, 6.07) is 5.78. The highest BCUT2D eigenvalue weighted by Gasteiger charge is 2.21. The summed E-state index contributed by atoms with van der Waals surface area (Å²) >= 11 is 1.20. The maximum atomic E-state index is 13.1. The molecule has 0 aliphatic heterocycles. The van der Waals surface area contributed by atoms with Crippen molar-refractivity contribution in [1.29, 1.82) is 0 Å². The number of aromatic carboxylic acids is 1. The molecule has 1 aromatic heterocycles. The summed E-state index contributed by atoms with van der Waals surface area (Å²) in [5.74, 6) is -1.51. The molecular weight excluding hydrogens is 373 g/mol. The molecular formula is C18H22FN3O4S. The van der Waals surface area contributed by atoms with Crippen LogP contribution in [0.4, 0.5) is 9.18 Å². The zero-order valence-electron chi connectivity index (χ0n) is 15.6. The van der Waals surface area contributed by atoms with Gasteiger partial charge in [-0.2, -0.15) is 5.10 Å². The Bertz CT molecular complexity index is 828. The van der Waals surface area contributed by atoms with E-state index < -0.39 is 17.7 Å². The number of alkyl carbamates (subject to hydrolysis) is 1. The zero-order chi connectivity index (χ0) is 20.2. The van der Waals surface area contributed by atoms with Crippen LogP contribution in [0.15, 0.2) is 34.1 Å². The molecule has 0 radical (unpaired) electrons. The fourth-order valence-corrected chi connectivity index (χ4v) is 3.19. The van der Waals surface area contributed by atoms with E-state index in [9.17, 15) is 19.1 Å². The molecule has 0 bridgehead atoms. The summed E-state index contributed by atoms with van der Waals surface area (Å²) in [7, 11) is 0. The molecule has 7 nitrogen and oxygen atoms in total. The highest BCUT2D eigenvalue weighted by Crippen LogP contribution is 2.33. The topological polar surface area (TPSA) is 93.5 Å². The van der Waals surface area contributed by atoms with Crippen molar-refractivity contribution in [2.24, 2.45) is 0 Å². The molecule has 1 aromatic carbocycles. The third-order valence-electron chi connectivity index (χ3n) is 3.38. The van der Waals surface area contributed by atoms with Gasteiger partial charge in [0, 0.05) is 11.4 Å². The number of amides is 1. The molecule has 0 spiro atoms. The molecule has 1 amide bonds. The minimum Gasteiger partial charge on any atom is -0.476 e. The average Bonchev–Trinajstić information content (AvgIpc) is 2.85. The second kappa shape index (κ2) is 8.43. The van der Waals surface area contributed by atoms with E-state index >= 15 is 0 Å². The normalized spacial score (nSPS) is 11.3. The quantitative estimate of drug-likeness (QED) is 0.775. The Hall–Kier alpha value is -2.55. The van der Waals surface area contributed by atoms with Crippen molar-refractivity contribution in [3.05, 3.63) is 41.5 Å². The van der Waals surface area contributed by atoms with E-state index in [0.29, 0.717) is 15.5 Å². The Kier molecular flexibility index (Phi) is 6.48. The van der Waals surface area contributed by atoms with Crippen LogP contribution in [-0.4, -0.2) is 39.1 Å². The number of aromatic nitrogens is 2. The van der Waals surface area contributed by atoms with Gasteiger partial charge in [0.25, 0.3) is 0 Å². The van der Waals surface area contributed by atoms with Crippen molar-refractivity contribution in [2.75, 3.05) is 6.54 Å². The van der Waals surface area contributed by atoms with Gasteiger partial charge in [-0.25, -0.2) is 14.0 Å². The smallest absolute Gasteiger partial charge is 0.407 e. The van der Waals surface area contributed by atoms with Crippen molar-refractivity contribution in [3.8, 4) is 0 Å². The number of hydrogen-bond donors (Lipinski definition) is 2. The average molecular weight is 395 g/mol. The summed E-state index contributed by atoms with van der Waals surface area (Å²) in [4.78, 5) is 24.4. The predicted octanol–water partition coefficient (Wildman–Crippen LogP) is 3.70. The molecule has 146 valence electrons. The number of carbonyl (C=O) groups is 2. The molecule has 2 rings (SSSR count). The number of rotatable bonds is 6. The maximum Gasteiger partial charge on any atom is 0.407 e. The Morgan fingerprint density at radius 2 is 1.93 bits per heavy atom. The van der Waals surface area contributed by atoms with E-state index in [0.717, 1.165) is 0 Å². The minimum atomic E-state index is -1.15. The number of carboxylic acids is 1. The SMILES string of the molecule is Cc1c(Sc2ccc(F)cc2)c(C(=O)O)nn1CCNC(=O)OC(C)(C)C. The van der Waals surface area contributed by atoms with Crippen molar-refractivity contribution in [2.45, 2.75) is 49.6 Å². The fourth-order valence-electron chi connectivity index (χ4n) is 2.21. The van der Waals surface area contributed by atoms with E-state index in [4.69, 9.17) is 4.74 Å². The molecule has 0 fully saturated rings. The fraction of sp³-hybridized carbons (Fsp3) is 0.389. The predicted molar refractivity (Wildman–Crippen MR) is 98.7 cm³/mol. The van der Waals surface area contributed by atoms with Crippen LogP contribution in [0.3, 0.4) is 0 Å². The van der Waals surface area contributed by atoms with Gasteiger partial charge in [-0.15, -0.1) is 0 Å². The number of benzene rings is 1. The third kappa shape index (κ3) is 5.99. The molecule has 2 N–H and O–H groups in total. The van der Waals surface area contributed by atoms with E-state index in [-0.39, 0.29) is 24.6 Å². The van der Waals surface area contributed by atoms with Crippen molar-refractivity contribution < 1.29 is 23.8 Å². The number of nitrogens with zero attached hydrogens (tertiary/aromatic N) is 2. The third-order valence-corrected chi connectivity index (χ3v) is 4.58. The van der Waals surface area contributed by atoms with Crippen LogP contribution in [0, 0.1) is 12.7 Å². The van der Waals surface area contributed by atoms with Gasteiger partial charge in [-0.1, -0.05) is 11.8 Å². The largest absolute Gasteiger partial charge is 0.476 e. The van der Waals surface area contributed by atoms with Crippen molar-refractivity contribution in [3.63, 3.8) is 0 Å². The standard InChI is InChI=1S/C18H22FN3O4S/c1-11-15(27-13-7-5-12(19)6-8-13)14(16(23)24)21-22(11)10-9-20-17(25)26-18(2,3)4/h5-8H,9-10H2,1-4H3,(H,20,25)(H,23,24). The summed E-state index contributed by atoms with van der Waals surface area (Å²) in [6.45, 7) is 7.57. The van der Waals surface area contributed by atoms with Crippen LogP contribution in [0.25, 0.3) is 0 Å². The van der Waals surface area contributed by atoms with Gasteiger partial charge in [0.1, 0.15) is 11.4 Å². The van der Waals surface area contributed by atoms with Gasteiger partial charge in [0.15, 0.2) is 5.69 Å². The first-order chi connectivity index (χ1) is 12.6. The lowest BCUT2D eigenvalue weighted by Crippen LogP contribution is -2.34. The first kappa shape index (κ1) is 20.8. The van der Waals surface area contributed by atoms with Crippen LogP contribution < -0.4 is 5.32 Å². The second-order valence-electron chi connectivity index (χ2n) is 6.78. The van der Waals surface area contributed by atoms with Crippen LogP contribution in [-0.2, 0) is 11.3 Å². The summed E-state index contributed by atoms with van der Waals surface area (Å²) in [6.07, 6.45) is -0.549. The number of ether oxygens (including phenoxy) is 1. The number of halogens is 1. The lowest BCUT2D eigenvalue weighted by Gasteiger charge is -2.19. The van der Waals surface area contributed by atoms with Crippen LogP contribution in [0.5, 0.6) is 0 Å². The van der Waals surface area contributed by atoms with E-state index in [1.165, 1.54) is 28.6 Å². The molecule has 0 saturated carbocycles. The van der Waals surface area contributed by atoms with Crippen LogP contribution >= 0.6 is 11.8 Å². The minimum absolute atomic E-state index is 0.0842. The van der Waals surface area contributed by atoms with Gasteiger partial charge in [0.2, 0.25) is 0 Å². The molecule has 27 heavy (non-hydrogen) atoms. The van der Waals surface area contributed by atoms with Crippen LogP contribution in [0.2, 0.25) is 0 Å². The van der Waals surface area contributed by atoms with Gasteiger partial charge < -0.3 is 15.2 Å². The molecule has 1 heterocycles. The summed E-state index contributed by atoms with van der Waals surface area (Å²) in [5, 5.41) is 16.2. The Labute approximate surface area is 160 Å². The Balaban J connectivity index is 2.10. The molecule has 2 aromatic rings. The number of hydrogen-bond acceptors (Lipinski definition) is 5. The van der Waals surface area contributed by atoms with Crippen LogP contribution in [0.1, 0.15) is 37.0 Å². The van der Waals surface area contributed by atoms with E-state index in [1.54, 1.807) is 39.8 Å². The Morgan fingerprint density at radius 1 is 1.30 bits per heavy atom. The summed E-state index contributed by atoms with van der Waals surface area (Å²) < 4.78 is 19.7. The molecule has 0 saturated heterocycles. The molecule has 0 aliphatic carbocycles.